The van der Waals surface area contributed by atoms with Crippen molar-refractivity contribution in [1.29, 1.82) is 0 Å². The van der Waals surface area contributed by atoms with E-state index >= 15 is 0 Å². The van der Waals surface area contributed by atoms with Crippen LogP contribution in [-0.4, -0.2) is 38.9 Å². The molecule has 2 aliphatic rings. The maximum Gasteiger partial charge on any atom is 0.337 e. The van der Waals surface area contributed by atoms with Gasteiger partial charge in [-0.15, -0.1) is 0 Å². The van der Waals surface area contributed by atoms with Crippen molar-refractivity contribution in [3.8, 4) is 0 Å². The van der Waals surface area contributed by atoms with Crippen LogP contribution in [-0.2, 0) is 16.0 Å². The summed E-state index contributed by atoms with van der Waals surface area (Å²) in [4.78, 5) is 23.3. The standard InChI is InChI=1S/C18H24N2O4/c1-23-16(21)14-4-2-13(3-5-14)11-19-17(22)20-12-15-10-18(15)6-8-24-9-7-18/h2-5,15H,6-12H2,1H3,(H2,19,20,22). The predicted octanol–water partition coefficient (Wildman–Crippen LogP) is 2.09. The third-order valence-corrected chi connectivity index (χ3v) is 5.18. The zero-order chi connectivity index (χ0) is 17.0. The maximum atomic E-state index is 11.9. The zero-order valence-electron chi connectivity index (χ0n) is 14.0. The maximum absolute atomic E-state index is 11.9. The first-order valence-corrected chi connectivity index (χ1v) is 8.40. The van der Waals surface area contributed by atoms with Crippen LogP contribution in [0.2, 0.25) is 0 Å². The van der Waals surface area contributed by atoms with E-state index in [1.54, 1.807) is 12.1 Å². The van der Waals surface area contributed by atoms with Gasteiger partial charge in [0.2, 0.25) is 0 Å². The van der Waals surface area contributed by atoms with Crippen LogP contribution < -0.4 is 10.6 Å². The SMILES string of the molecule is COC(=O)c1ccc(CNC(=O)NCC2CC23CCOCC3)cc1. The van der Waals surface area contributed by atoms with E-state index in [1.165, 1.54) is 13.5 Å². The Labute approximate surface area is 141 Å². The number of carbonyl (C=O) groups is 2. The van der Waals surface area contributed by atoms with Gasteiger partial charge in [-0.25, -0.2) is 9.59 Å². The van der Waals surface area contributed by atoms with Crippen molar-refractivity contribution in [3.05, 3.63) is 35.4 Å². The van der Waals surface area contributed by atoms with Gasteiger partial charge in [-0.1, -0.05) is 12.1 Å². The number of methoxy groups -OCH3 is 1. The number of hydrogen-bond acceptors (Lipinski definition) is 4. The van der Waals surface area contributed by atoms with Crippen LogP contribution in [0.5, 0.6) is 0 Å². The van der Waals surface area contributed by atoms with E-state index in [4.69, 9.17) is 4.74 Å². The van der Waals surface area contributed by atoms with Gasteiger partial charge in [0.15, 0.2) is 0 Å². The van der Waals surface area contributed by atoms with Gasteiger partial charge in [0.05, 0.1) is 12.7 Å². The lowest BCUT2D eigenvalue weighted by Crippen LogP contribution is -2.37. The highest BCUT2D eigenvalue weighted by atomic mass is 16.5. The van der Waals surface area contributed by atoms with E-state index in [9.17, 15) is 9.59 Å². The molecule has 0 aromatic heterocycles. The monoisotopic (exact) mass is 332 g/mol. The second-order valence-corrected chi connectivity index (χ2v) is 6.63. The number of carbonyl (C=O) groups excluding carboxylic acids is 2. The number of amides is 2. The Hall–Kier alpha value is -2.08. The smallest absolute Gasteiger partial charge is 0.337 e. The van der Waals surface area contributed by atoms with E-state index in [1.807, 2.05) is 12.1 Å². The lowest BCUT2D eigenvalue weighted by molar-refractivity contribution is 0.0521. The van der Waals surface area contributed by atoms with Crippen LogP contribution >= 0.6 is 0 Å². The average molecular weight is 332 g/mol. The predicted molar refractivity (Wildman–Crippen MR) is 88.6 cm³/mol. The van der Waals surface area contributed by atoms with E-state index < -0.39 is 0 Å². The molecule has 24 heavy (non-hydrogen) atoms. The summed E-state index contributed by atoms with van der Waals surface area (Å²) in [5.41, 5.74) is 1.86. The van der Waals surface area contributed by atoms with E-state index in [0.717, 1.165) is 38.2 Å². The van der Waals surface area contributed by atoms with Gasteiger partial charge in [-0.05, 0) is 48.3 Å². The normalized spacial score (nSPS) is 21.1. The molecular weight excluding hydrogens is 308 g/mol. The first-order chi connectivity index (χ1) is 11.6. The molecule has 2 amide bonds. The summed E-state index contributed by atoms with van der Waals surface area (Å²) >= 11 is 0. The molecule has 6 nitrogen and oxygen atoms in total. The highest BCUT2D eigenvalue weighted by Gasteiger charge is 2.53. The van der Waals surface area contributed by atoms with Gasteiger partial charge in [0.1, 0.15) is 0 Å². The minimum absolute atomic E-state index is 0.152. The van der Waals surface area contributed by atoms with Crippen molar-refractivity contribution in [2.45, 2.75) is 25.8 Å². The quantitative estimate of drug-likeness (QED) is 0.810. The van der Waals surface area contributed by atoms with Crippen molar-refractivity contribution in [1.82, 2.24) is 10.6 Å². The highest BCUT2D eigenvalue weighted by Crippen LogP contribution is 2.58. The van der Waals surface area contributed by atoms with Crippen LogP contribution in [0.4, 0.5) is 4.79 Å². The third-order valence-electron chi connectivity index (χ3n) is 5.18. The number of urea groups is 1. The van der Waals surface area contributed by atoms with Crippen molar-refractivity contribution in [2.24, 2.45) is 11.3 Å². The summed E-state index contributed by atoms with van der Waals surface area (Å²) in [6, 6.07) is 6.86. The molecule has 1 unspecified atom stereocenters. The van der Waals surface area contributed by atoms with Gasteiger partial charge in [0, 0.05) is 26.3 Å². The van der Waals surface area contributed by atoms with Crippen LogP contribution in [0.25, 0.3) is 0 Å². The Morgan fingerprint density at radius 3 is 2.58 bits per heavy atom. The van der Waals surface area contributed by atoms with Gasteiger partial charge in [-0.2, -0.15) is 0 Å². The van der Waals surface area contributed by atoms with Crippen LogP contribution in [0, 0.1) is 11.3 Å². The molecule has 130 valence electrons. The summed E-state index contributed by atoms with van der Waals surface area (Å²) in [6.45, 7) is 2.86. The molecular formula is C18H24N2O4. The van der Waals surface area contributed by atoms with E-state index in [2.05, 4.69) is 15.4 Å². The first-order valence-electron chi connectivity index (χ1n) is 8.40. The Morgan fingerprint density at radius 1 is 1.21 bits per heavy atom. The highest BCUT2D eigenvalue weighted by molar-refractivity contribution is 5.89. The summed E-state index contributed by atoms with van der Waals surface area (Å²) < 4.78 is 10.1. The fourth-order valence-corrected chi connectivity index (χ4v) is 3.45. The molecule has 2 N–H and O–H groups in total. The molecule has 1 heterocycles. The number of benzene rings is 1. The second kappa shape index (κ2) is 7.21. The molecule has 1 aromatic rings. The number of hydrogen-bond donors (Lipinski definition) is 2. The fraction of sp³-hybridized carbons (Fsp3) is 0.556. The molecule has 3 rings (SSSR count). The zero-order valence-corrected chi connectivity index (χ0v) is 14.0. The van der Waals surface area contributed by atoms with Crippen molar-refractivity contribution in [2.75, 3.05) is 26.9 Å². The van der Waals surface area contributed by atoms with Gasteiger partial charge >= 0.3 is 12.0 Å². The molecule has 1 aliphatic carbocycles. The fourth-order valence-electron chi connectivity index (χ4n) is 3.45. The topological polar surface area (TPSA) is 76.7 Å². The van der Waals surface area contributed by atoms with E-state index in [0.29, 0.717) is 23.4 Å². The van der Waals surface area contributed by atoms with Gasteiger partial charge in [-0.3, -0.25) is 0 Å². The van der Waals surface area contributed by atoms with Crippen LogP contribution in [0.1, 0.15) is 35.2 Å². The Balaban J connectivity index is 1.37. The molecule has 1 atom stereocenters. The van der Waals surface area contributed by atoms with Crippen LogP contribution in [0.15, 0.2) is 24.3 Å². The lowest BCUT2D eigenvalue weighted by Gasteiger charge is -2.23. The number of rotatable bonds is 5. The van der Waals surface area contributed by atoms with E-state index in [-0.39, 0.29) is 12.0 Å². The van der Waals surface area contributed by atoms with Crippen LogP contribution in [0.3, 0.4) is 0 Å². The Morgan fingerprint density at radius 2 is 1.92 bits per heavy atom. The summed E-state index contributed by atoms with van der Waals surface area (Å²) in [7, 11) is 1.35. The molecule has 1 aliphatic heterocycles. The molecule has 6 heteroatoms. The molecule has 1 saturated carbocycles. The average Bonchev–Trinajstić information content (AvgIpc) is 3.29. The third kappa shape index (κ3) is 3.87. The molecule has 0 bridgehead atoms. The number of nitrogens with one attached hydrogen (secondary N) is 2. The number of esters is 1. The Bertz CT molecular complexity index is 594. The van der Waals surface area contributed by atoms with Gasteiger partial charge in [0.25, 0.3) is 0 Å². The summed E-state index contributed by atoms with van der Waals surface area (Å²) in [6.07, 6.45) is 3.44. The minimum atomic E-state index is -0.362. The molecule has 1 saturated heterocycles. The second-order valence-electron chi connectivity index (χ2n) is 6.63. The molecule has 2 fully saturated rings. The summed E-state index contributed by atoms with van der Waals surface area (Å²) in [5, 5.41) is 5.81. The minimum Gasteiger partial charge on any atom is -0.465 e. The molecule has 1 aromatic carbocycles. The first kappa shape index (κ1) is 16.8. The van der Waals surface area contributed by atoms with Crippen molar-refractivity contribution >= 4 is 12.0 Å². The largest absolute Gasteiger partial charge is 0.465 e. The summed E-state index contributed by atoms with van der Waals surface area (Å²) in [5.74, 6) is 0.227. The van der Waals surface area contributed by atoms with Crippen molar-refractivity contribution < 1.29 is 19.1 Å². The van der Waals surface area contributed by atoms with Crippen molar-refractivity contribution in [3.63, 3.8) is 0 Å². The van der Waals surface area contributed by atoms with Gasteiger partial charge < -0.3 is 20.1 Å². The lowest BCUT2D eigenvalue weighted by atomic mass is 9.94. The Kier molecular flexibility index (Phi) is 5.04. The molecule has 0 radical (unpaired) electrons. The number of ether oxygens (including phenoxy) is 2. The molecule has 1 spiro atoms.